The fraction of sp³-hybridized carbons (Fsp3) is 0.385. The van der Waals surface area contributed by atoms with Crippen LogP contribution in [0.3, 0.4) is 0 Å². The topological polar surface area (TPSA) is 52.9 Å². The van der Waals surface area contributed by atoms with Crippen molar-refractivity contribution in [2.24, 2.45) is 11.1 Å². The highest BCUT2D eigenvalue weighted by Crippen LogP contribution is 2.30. The first-order valence-corrected chi connectivity index (χ1v) is 6.05. The van der Waals surface area contributed by atoms with Gasteiger partial charge in [0.15, 0.2) is 5.71 Å². The van der Waals surface area contributed by atoms with E-state index in [1.54, 1.807) is 24.3 Å². The summed E-state index contributed by atoms with van der Waals surface area (Å²) in [6, 6.07) is 9.00. The van der Waals surface area contributed by atoms with Crippen LogP contribution in [-0.4, -0.2) is 34.4 Å². The van der Waals surface area contributed by atoms with Gasteiger partial charge in [0.1, 0.15) is 0 Å². The molecule has 1 N–H and O–H groups in total. The molecule has 1 aromatic carbocycles. The lowest BCUT2D eigenvalue weighted by atomic mass is 10.0. The molecule has 2 rings (SSSR count). The van der Waals surface area contributed by atoms with Gasteiger partial charge in [-0.05, 0) is 12.0 Å². The molecule has 1 saturated heterocycles. The van der Waals surface area contributed by atoms with Crippen molar-refractivity contribution in [1.82, 2.24) is 4.90 Å². The van der Waals surface area contributed by atoms with Gasteiger partial charge in [0.05, 0.1) is 5.92 Å². The predicted octanol–water partition coefficient (Wildman–Crippen LogP) is 2.43. The Hall–Kier alpha value is -2.05. The third kappa shape index (κ3) is 2.92. The summed E-state index contributed by atoms with van der Waals surface area (Å²) in [5, 5.41) is 10.8. The summed E-state index contributed by atoms with van der Waals surface area (Å²) in [6.07, 6.45) is -4.79. The molecule has 1 aliphatic heterocycles. The molecular formula is C13H13F3N2O2. The lowest BCUT2D eigenvalue weighted by molar-refractivity contribution is -0.131. The fourth-order valence-corrected chi connectivity index (χ4v) is 2.28. The van der Waals surface area contributed by atoms with Crippen molar-refractivity contribution in [3.05, 3.63) is 35.9 Å². The number of carbonyl (C=O) groups excluding carboxylic acids is 1. The first kappa shape index (κ1) is 14.4. The maximum atomic E-state index is 12.6. The van der Waals surface area contributed by atoms with Crippen molar-refractivity contribution < 1.29 is 23.2 Å². The Labute approximate surface area is 113 Å². The number of hydrogen-bond donors (Lipinski definition) is 1. The van der Waals surface area contributed by atoms with Crippen molar-refractivity contribution in [3.8, 4) is 0 Å². The summed E-state index contributed by atoms with van der Waals surface area (Å²) < 4.78 is 37.9. The monoisotopic (exact) mass is 286 g/mol. The van der Waals surface area contributed by atoms with E-state index in [1.807, 2.05) is 6.07 Å². The molecule has 7 heteroatoms. The molecule has 1 aliphatic rings. The molecule has 0 saturated carbocycles. The Bertz CT molecular complexity index is 514. The Kier molecular flexibility index (Phi) is 3.96. The maximum Gasteiger partial charge on any atom is 0.433 e. The molecule has 108 valence electrons. The van der Waals surface area contributed by atoms with Crippen LogP contribution in [-0.2, 0) is 11.3 Å². The molecule has 1 aromatic rings. The van der Waals surface area contributed by atoms with E-state index in [9.17, 15) is 18.0 Å². The van der Waals surface area contributed by atoms with Gasteiger partial charge >= 0.3 is 6.18 Å². The van der Waals surface area contributed by atoms with Crippen LogP contribution in [0.15, 0.2) is 35.5 Å². The Balaban J connectivity index is 2.10. The van der Waals surface area contributed by atoms with Gasteiger partial charge < -0.3 is 10.1 Å². The van der Waals surface area contributed by atoms with Gasteiger partial charge in [-0.3, -0.25) is 4.79 Å². The number of hydrogen-bond acceptors (Lipinski definition) is 3. The fourth-order valence-electron chi connectivity index (χ4n) is 2.28. The van der Waals surface area contributed by atoms with Crippen LogP contribution in [0.5, 0.6) is 0 Å². The molecule has 0 spiro atoms. The molecule has 1 heterocycles. The second-order valence-corrected chi connectivity index (χ2v) is 4.57. The Morgan fingerprint density at radius 1 is 1.35 bits per heavy atom. The van der Waals surface area contributed by atoms with Crippen molar-refractivity contribution >= 4 is 11.6 Å². The van der Waals surface area contributed by atoms with Crippen LogP contribution in [0.1, 0.15) is 12.0 Å². The number of carbonyl (C=O) groups is 1. The molecular weight excluding hydrogens is 273 g/mol. The highest BCUT2D eigenvalue weighted by atomic mass is 19.4. The smallest absolute Gasteiger partial charge is 0.411 e. The number of nitrogens with zero attached hydrogens (tertiary/aromatic N) is 2. The minimum Gasteiger partial charge on any atom is -0.411 e. The summed E-state index contributed by atoms with van der Waals surface area (Å²) in [5.41, 5.74) is -0.575. The second kappa shape index (κ2) is 5.52. The number of halogens is 3. The Morgan fingerprint density at radius 3 is 2.55 bits per heavy atom. The summed E-state index contributed by atoms with van der Waals surface area (Å²) in [7, 11) is 0. The van der Waals surface area contributed by atoms with Crippen LogP contribution < -0.4 is 0 Å². The largest absolute Gasteiger partial charge is 0.433 e. The zero-order chi connectivity index (χ0) is 14.8. The lowest BCUT2D eigenvalue weighted by Gasteiger charge is -2.18. The minimum absolute atomic E-state index is 0.00453. The summed E-state index contributed by atoms with van der Waals surface area (Å²) in [6.45, 7) is 0.472. The van der Waals surface area contributed by atoms with Gasteiger partial charge in [0.25, 0.3) is 0 Å². The summed E-state index contributed by atoms with van der Waals surface area (Å²) in [4.78, 5) is 13.3. The quantitative estimate of drug-likeness (QED) is 0.527. The Morgan fingerprint density at radius 2 is 2.00 bits per heavy atom. The van der Waals surface area contributed by atoms with Crippen LogP contribution >= 0.6 is 0 Å². The first-order chi connectivity index (χ1) is 9.43. The number of alkyl halides is 3. The normalized spacial score (nSPS) is 20.6. The third-order valence-corrected chi connectivity index (χ3v) is 3.24. The average molecular weight is 286 g/mol. The van der Waals surface area contributed by atoms with Gasteiger partial charge in [-0.25, -0.2) is 0 Å². The SMILES string of the molecule is O=C1C(C(=NO)C(F)(F)F)CCN1Cc1ccccc1. The van der Waals surface area contributed by atoms with Gasteiger partial charge in [-0.2, -0.15) is 13.2 Å². The van der Waals surface area contributed by atoms with Gasteiger partial charge in [0.2, 0.25) is 5.91 Å². The van der Waals surface area contributed by atoms with Gasteiger partial charge in [-0.15, -0.1) is 0 Å². The van der Waals surface area contributed by atoms with Crippen molar-refractivity contribution in [1.29, 1.82) is 0 Å². The van der Waals surface area contributed by atoms with Gasteiger partial charge in [0, 0.05) is 13.1 Å². The lowest BCUT2D eigenvalue weighted by Crippen LogP contribution is -2.36. The number of likely N-dealkylation sites (tertiary alicyclic amines) is 1. The van der Waals surface area contributed by atoms with Crippen LogP contribution in [0.25, 0.3) is 0 Å². The number of rotatable bonds is 3. The van der Waals surface area contributed by atoms with E-state index in [2.05, 4.69) is 5.16 Å². The van der Waals surface area contributed by atoms with Crippen LogP contribution in [0.2, 0.25) is 0 Å². The molecule has 0 bridgehead atoms. The summed E-state index contributed by atoms with van der Waals surface area (Å²) in [5.74, 6) is -2.07. The highest BCUT2D eigenvalue weighted by Gasteiger charge is 2.48. The molecule has 0 radical (unpaired) electrons. The minimum atomic E-state index is -4.79. The molecule has 20 heavy (non-hydrogen) atoms. The van der Waals surface area contributed by atoms with Crippen molar-refractivity contribution in [3.63, 3.8) is 0 Å². The molecule has 1 unspecified atom stereocenters. The first-order valence-electron chi connectivity index (χ1n) is 6.05. The molecule has 4 nitrogen and oxygen atoms in total. The van der Waals surface area contributed by atoms with E-state index in [0.717, 1.165) is 5.56 Å². The van der Waals surface area contributed by atoms with Crippen molar-refractivity contribution in [2.45, 2.75) is 19.1 Å². The molecule has 0 aromatic heterocycles. The van der Waals surface area contributed by atoms with E-state index >= 15 is 0 Å². The standard InChI is InChI=1S/C13H13F3N2O2/c14-13(15,16)11(17-20)10-6-7-18(12(10)19)8-9-4-2-1-3-5-9/h1-5,10,20H,6-8H2. The molecule has 1 amide bonds. The number of amides is 1. The zero-order valence-corrected chi connectivity index (χ0v) is 10.5. The average Bonchev–Trinajstić information content (AvgIpc) is 2.73. The van der Waals surface area contributed by atoms with E-state index in [0.29, 0.717) is 0 Å². The molecule has 1 fully saturated rings. The number of benzene rings is 1. The van der Waals surface area contributed by atoms with Gasteiger partial charge in [-0.1, -0.05) is 35.5 Å². The van der Waals surface area contributed by atoms with E-state index < -0.39 is 23.7 Å². The second-order valence-electron chi connectivity index (χ2n) is 4.57. The van der Waals surface area contributed by atoms with Crippen molar-refractivity contribution in [2.75, 3.05) is 6.54 Å². The third-order valence-electron chi connectivity index (χ3n) is 3.24. The maximum absolute atomic E-state index is 12.6. The zero-order valence-electron chi connectivity index (χ0n) is 10.5. The molecule has 1 atom stereocenters. The predicted molar refractivity (Wildman–Crippen MR) is 65.2 cm³/mol. The van der Waals surface area contributed by atoms with E-state index in [1.165, 1.54) is 4.90 Å². The number of oxime groups is 1. The molecule has 0 aliphatic carbocycles. The summed E-state index contributed by atoms with van der Waals surface area (Å²) >= 11 is 0. The highest BCUT2D eigenvalue weighted by molar-refractivity contribution is 6.07. The van der Waals surface area contributed by atoms with E-state index in [4.69, 9.17) is 5.21 Å². The van der Waals surface area contributed by atoms with E-state index in [-0.39, 0.29) is 19.5 Å². The van der Waals surface area contributed by atoms with Crippen LogP contribution in [0.4, 0.5) is 13.2 Å². The van der Waals surface area contributed by atoms with Crippen LogP contribution in [0, 0.1) is 5.92 Å².